The van der Waals surface area contributed by atoms with Crippen LogP contribution in [0.25, 0.3) is 0 Å². The number of amides is 2. The molecule has 2 heterocycles. The van der Waals surface area contributed by atoms with Gasteiger partial charge in [0.15, 0.2) is 11.5 Å². The highest BCUT2D eigenvalue weighted by Gasteiger charge is 2.14. The Kier molecular flexibility index (Phi) is 4.41. The molecule has 0 radical (unpaired) electrons. The van der Waals surface area contributed by atoms with Crippen LogP contribution in [0, 0.1) is 6.92 Å². The molecule has 0 fully saturated rings. The van der Waals surface area contributed by atoms with Gasteiger partial charge in [-0.25, -0.2) is 4.79 Å². The van der Waals surface area contributed by atoms with Crippen LogP contribution in [0.4, 0.5) is 4.79 Å². The van der Waals surface area contributed by atoms with E-state index in [1.54, 1.807) is 0 Å². The summed E-state index contributed by atoms with van der Waals surface area (Å²) in [7, 11) is 0. The molecule has 2 aromatic rings. The molecule has 1 atom stereocenters. The summed E-state index contributed by atoms with van der Waals surface area (Å²) < 4.78 is 16.1. The third-order valence-electron chi connectivity index (χ3n) is 3.67. The van der Waals surface area contributed by atoms with Crippen LogP contribution in [0.1, 0.15) is 30.0 Å². The van der Waals surface area contributed by atoms with E-state index in [-0.39, 0.29) is 18.9 Å². The first kappa shape index (κ1) is 15.3. The molecule has 2 N–H and O–H groups in total. The summed E-state index contributed by atoms with van der Waals surface area (Å²) in [6.45, 7) is 4.57. The average Bonchev–Trinajstić information content (AvgIpc) is 3.15. The second kappa shape index (κ2) is 6.64. The molecule has 1 aliphatic rings. The lowest BCUT2D eigenvalue weighted by atomic mass is 10.1. The van der Waals surface area contributed by atoms with Crippen LogP contribution in [0.3, 0.4) is 0 Å². The second-order valence-corrected chi connectivity index (χ2v) is 5.51. The first-order valence-corrected chi connectivity index (χ1v) is 7.61. The van der Waals surface area contributed by atoms with Gasteiger partial charge in [0, 0.05) is 6.54 Å². The summed E-state index contributed by atoms with van der Waals surface area (Å²) in [6, 6.07) is 9.16. The lowest BCUT2D eigenvalue weighted by molar-refractivity contribution is 0.174. The smallest absolute Gasteiger partial charge is 0.315 e. The lowest BCUT2D eigenvalue weighted by Crippen LogP contribution is -2.37. The molecule has 0 spiro atoms. The number of benzene rings is 1. The largest absolute Gasteiger partial charge is 0.464 e. The van der Waals surface area contributed by atoms with E-state index < -0.39 is 0 Å². The van der Waals surface area contributed by atoms with E-state index in [0.29, 0.717) is 6.54 Å². The van der Waals surface area contributed by atoms with Gasteiger partial charge in [0.05, 0.1) is 6.04 Å². The SMILES string of the molecule is Cc1ccc([C@@H](C)NC(=O)NCCc2ccc3c(c2)OCO3)o1. The zero-order valence-corrected chi connectivity index (χ0v) is 13.2. The maximum Gasteiger partial charge on any atom is 0.315 e. The molecule has 1 aliphatic heterocycles. The minimum absolute atomic E-state index is 0.172. The van der Waals surface area contributed by atoms with Crippen molar-refractivity contribution in [3.05, 3.63) is 47.4 Å². The summed E-state index contributed by atoms with van der Waals surface area (Å²) in [5.74, 6) is 3.10. The summed E-state index contributed by atoms with van der Waals surface area (Å²) in [6.07, 6.45) is 0.721. The fourth-order valence-corrected chi connectivity index (χ4v) is 2.42. The van der Waals surface area contributed by atoms with Crippen LogP contribution >= 0.6 is 0 Å². The third-order valence-corrected chi connectivity index (χ3v) is 3.67. The van der Waals surface area contributed by atoms with E-state index in [2.05, 4.69) is 10.6 Å². The topological polar surface area (TPSA) is 72.7 Å². The lowest BCUT2D eigenvalue weighted by Gasteiger charge is -2.12. The van der Waals surface area contributed by atoms with Crippen LogP contribution in [0.15, 0.2) is 34.7 Å². The maximum atomic E-state index is 11.9. The van der Waals surface area contributed by atoms with Gasteiger partial charge in [-0.2, -0.15) is 0 Å². The van der Waals surface area contributed by atoms with Crippen molar-refractivity contribution < 1.29 is 18.7 Å². The molecule has 3 rings (SSSR count). The number of hydrogen-bond acceptors (Lipinski definition) is 4. The summed E-state index contributed by atoms with van der Waals surface area (Å²) in [4.78, 5) is 11.9. The summed E-state index contributed by atoms with van der Waals surface area (Å²) >= 11 is 0. The molecule has 6 nitrogen and oxygen atoms in total. The van der Waals surface area contributed by atoms with Gasteiger partial charge in [-0.3, -0.25) is 0 Å². The van der Waals surface area contributed by atoms with Crippen LogP contribution in [0.2, 0.25) is 0 Å². The number of carbonyl (C=O) groups is 1. The fraction of sp³-hybridized carbons (Fsp3) is 0.353. The molecule has 2 amide bonds. The van der Waals surface area contributed by atoms with E-state index in [4.69, 9.17) is 13.9 Å². The van der Waals surface area contributed by atoms with E-state index in [1.807, 2.05) is 44.2 Å². The molecule has 23 heavy (non-hydrogen) atoms. The van der Waals surface area contributed by atoms with Gasteiger partial charge in [-0.1, -0.05) is 6.07 Å². The molecular formula is C17H20N2O4. The van der Waals surface area contributed by atoms with E-state index in [1.165, 1.54) is 0 Å². The highest BCUT2D eigenvalue weighted by molar-refractivity contribution is 5.74. The van der Waals surface area contributed by atoms with Gasteiger partial charge in [0.25, 0.3) is 0 Å². The van der Waals surface area contributed by atoms with Crippen molar-refractivity contribution in [1.82, 2.24) is 10.6 Å². The first-order valence-electron chi connectivity index (χ1n) is 7.61. The van der Waals surface area contributed by atoms with Crippen molar-refractivity contribution >= 4 is 6.03 Å². The number of urea groups is 1. The Morgan fingerprint density at radius 3 is 2.83 bits per heavy atom. The maximum absolute atomic E-state index is 11.9. The highest BCUT2D eigenvalue weighted by Crippen LogP contribution is 2.32. The number of aryl methyl sites for hydroxylation is 1. The van der Waals surface area contributed by atoms with Gasteiger partial charge in [0.2, 0.25) is 6.79 Å². The molecule has 1 aromatic carbocycles. The van der Waals surface area contributed by atoms with Gasteiger partial charge in [0.1, 0.15) is 11.5 Å². The molecule has 0 bridgehead atoms. The van der Waals surface area contributed by atoms with Crippen LogP contribution < -0.4 is 20.1 Å². The molecule has 0 saturated heterocycles. The monoisotopic (exact) mass is 316 g/mol. The third kappa shape index (κ3) is 3.77. The van der Waals surface area contributed by atoms with Crippen molar-refractivity contribution in [3.63, 3.8) is 0 Å². The number of rotatable bonds is 5. The summed E-state index contributed by atoms with van der Waals surface area (Å²) in [5.41, 5.74) is 1.09. The molecule has 122 valence electrons. The molecule has 1 aromatic heterocycles. The van der Waals surface area contributed by atoms with Gasteiger partial charge in [-0.05, 0) is 50.1 Å². The number of fused-ring (bicyclic) bond motifs is 1. The molecule has 6 heteroatoms. The fourth-order valence-electron chi connectivity index (χ4n) is 2.42. The highest BCUT2D eigenvalue weighted by atomic mass is 16.7. The predicted octanol–water partition coefficient (Wildman–Crippen LogP) is 2.92. The quantitative estimate of drug-likeness (QED) is 0.889. The Hall–Kier alpha value is -2.63. The van der Waals surface area contributed by atoms with Crippen molar-refractivity contribution in [2.75, 3.05) is 13.3 Å². The van der Waals surface area contributed by atoms with Gasteiger partial charge < -0.3 is 24.5 Å². The predicted molar refractivity (Wildman–Crippen MR) is 84.7 cm³/mol. The number of furan rings is 1. The Morgan fingerprint density at radius 1 is 1.22 bits per heavy atom. The number of carbonyl (C=O) groups excluding carboxylic acids is 1. The molecular weight excluding hydrogens is 296 g/mol. The normalized spacial score (nSPS) is 13.7. The number of ether oxygens (including phenoxy) is 2. The minimum Gasteiger partial charge on any atom is -0.464 e. The van der Waals surface area contributed by atoms with Gasteiger partial charge in [-0.15, -0.1) is 0 Å². The van der Waals surface area contributed by atoms with Crippen molar-refractivity contribution in [1.29, 1.82) is 0 Å². The number of hydrogen-bond donors (Lipinski definition) is 2. The van der Waals surface area contributed by atoms with E-state index in [9.17, 15) is 4.79 Å². The average molecular weight is 316 g/mol. The van der Waals surface area contributed by atoms with Crippen molar-refractivity contribution in [3.8, 4) is 11.5 Å². The molecule has 0 aliphatic carbocycles. The van der Waals surface area contributed by atoms with Crippen LogP contribution in [0.5, 0.6) is 11.5 Å². The minimum atomic E-state index is -0.215. The van der Waals surface area contributed by atoms with Crippen LogP contribution in [-0.4, -0.2) is 19.4 Å². The molecule has 0 unspecified atom stereocenters. The first-order chi connectivity index (χ1) is 11.1. The summed E-state index contributed by atoms with van der Waals surface area (Å²) in [5, 5.41) is 5.69. The molecule has 0 saturated carbocycles. The Bertz CT molecular complexity index is 696. The Labute approximate surface area is 134 Å². The second-order valence-electron chi connectivity index (χ2n) is 5.51. The van der Waals surface area contributed by atoms with E-state index in [0.717, 1.165) is 35.0 Å². The van der Waals surface area contributed by atoms with Gasteiger partial charge >= 0.3 is 6.03 Å². The van der Waals surface area contributed by atoms with Crippen LogP contribution in [-0.2, 0) is 6.42 Å². The Morgan fingerprint density at radius 2 is 2.04 bits per heavy atom. The zero-order valence-electron chi connectivity index (χ0n) is 13.2. The van der Waals surface area contributed by atoms with Crippen molar-refractivity contribution in [2.45, 2.75) is 26.3 Å². The Balaban J connectivity index is 1.44. The zero-order chi connectivity index (χ0) is 16.2. The standard InChI is InChI=1S/C17H20N2O4/c1-11-3-5-14(23-11)12(2)19-17(20)18-8-7-13-4-6-15-16(9-13)22-10-21-15/h3-6,9,12H,7-8,10H2,1-2H3,(H2,18,19,20)/t12-/m1/s1. The van der Waals surface area contributed by atoms with Crippen molar-refractivity contribution in [2.24, 2.45) is 0 Å². The van der Waals surface area contributed by atoms with E-state index >= 15 is 0 Å². The number of nitrogens with one attached hydrogen (secondary N) is 2.